The minimum absolute atomic E-state index is 0.0616. The van der Waals surface area contributed by atoms with Crippen LogP contribution in [0.3, 0.4) is 0 Å². The van der Waals surface area contributed by atoms with Crippen LogP contribution in [0.15, 0.2) is 40.3 Å². The van der Waals surface area contributed by atoms with Crippen molar-refractivity contribution in [3.63, 3.8) is 0 Å². The molecule has 180 valence electrons. The summed E-state index contributed by atoms with van der Waals surface area (Å²) in [5, 5.41) is 0.199. The Morgan fingerprint density at radius 1 is 1.19 bits per heavy atom. The van der Waals surface area contributed by atoms with E-state index in [1.54, 1.807) is 11.3 Å². The maximum atomic E-state index is 6.63. The fraction of sp³-hybridized carbons (Fsp3) is 0.654. The predicted octanol–water partition coefficient (Wildman–Crippen LogP) is 8.42. The van der Waals surface area contributed by atoms with E-state index < -0.39 is 8.32 Å². The Hall–Kier alpha value is -0.663. The largest absolute Gasteiger partial charge is 0.412 e. The quantitative estimate of drug-likeness (QED) is 0.178. The first-order chi connectivity index (χ1) is 14.8. The molecular formula is C26H43NO2S2Si. The Bertz CT molecular complexity index is 854. The van der Waals surface area contributed by atoms with Crippen molar-refractivity contribution in [2.45, 2.75) is 89.6 Å². The second-order valence-corrected chi connectivity index (χ2v) is 17.8. The smallest absolute Gasteiger partial charge is 0.192 e. The van der Waals surface area contributed by atoms with E-state index in [1.165, 1.54) is 14.6 Å². The minimum Gasteiger partial charge on any atom is -0.412 e. The van der Waals surface area contributed by atoms with E-state index in [2.05, 4.69) is 91.9 Å². The molecule has 3 nitrogen and oxygen atoms in total. The van der Waals surface area contributed by atoms with Gasteiger partial charge in [0, 0.05) is 18.8 Å². The van der Waals surface area contributed by atoms with Crippen molar-refractivity contribution in [3.05, 3.63) is 35.9 Å². The number of thioether (sulfide) groups is 1. The van der Waals surface area contributed by atoms with Gasteiger partial charge in [-0.3, -0.25) is 0 Å². The summed E-state index contributed by atoms with van der Waals surface area (Å²) in [5.41, 5.74) is 2.54. The highest BCUT2D eigenvalue weighted by atomic mass is 32.2. The van der Waals surface area contributed by atoms with Crippen molar-refractivity contribution >= 4 is 41.6 Å². The number of para-hydroxylation sites is 1. The molecule has 1 aromatic heterocycles. The molecule has 0 aliphatic rings. The van der Waals surface area contributed by atoms with Crippen LogP contribution in [0.2, 0.25) is 18.1 Å². The van der Waals surface area contributed by atoms with Crippen LogP contribution in [-0.2, 0) is 9.16 Å². The van der Waals surface area contributed by atoms with Gasteiger partial charge in [-0.1, -0.05) is 70.2 Å². The number of fused-ring (bicyclic) bond motifs is 1. The summed E-state index contributed by atoms with van der Waals surface area (Å²) in [6, 6.07) is 8.38. The molecule has 32 heavy (non-hydrogen) atoms. The molecule has 2 aromatic rings. The zero-order valence-corrected chi connectivity index (χ0v) is 24.3. The van der Waals surface area contributed by atoms with Crippen molar-refractivity contribution in [1.29, 1.82) is 0 Å². The number of nitrogens with zero attached hydrogens (tertiary/aromatic N) is 1. The van der Waals surface area contributed by atoms with Crippen molar-refractivity contribution in [1.82, 2.24) is 4.98 Å². The molecule has 0 spiro atoms. The summed E-state index contributed by atoms with van der Waals surface area (Å²) in [4.78, 5) is 4.75. The van der Waals surface area contributed by atoms with Gasteiger partial charge in [-0.25, -0.2) is 4.98 Å². The van der Waals surface area contributed by atoms with E-state index in [9.17, 15) is 0 Å². The van der Waals surface area contributed by atoms with Gasteiger partial charge in [0.15, 0.2) is 12.7 Å². The Morgan fingerprint density at radius 3 is 2.44 bits per heavy atom. The molecule has 0 fully saturated rings. The van der Waals surface area contributed by atoms with Crippen LogP contribution < -0.4 is 0 Å². The monoisotopic (exact) mass is 493 g/mol. The SMILES string of the molecule is CO[C@H]([C@H](C)O[Si](C)(C)C(C)(C)C)[C@@H](C)/C=C(\C)C[C@@H](C)CSc1nc2ccccc2s1. The van der Waals surface area contributed by atoms with E-state index in [0.29, 0.717) is 11.8 Å². The lowest BCUT2D eigenvalue weighted by atomic mass is 9.95. The molecule has 1 heterocycles. The molecular weight excluding hydrogens is 451 g/mol. The standard InChI is InChI=1S/C26H43NO2S2Si/c1-18(15-19(2)17-30-25-27-22-13-11-12-14-23(22)31-25)16-20(3)24(28-8)21(4)29-32(9,10)26(5,6)7/h11-14,16,19-21,24H,15,17H2,1-10H3/b18-16+/t19-,20+,21+,24+/m1/s1. The molecule has 0 N–H and O–H groups in total. The van der Waals surface area contributed by atoms with Gasteiger partial charge < -0.3 is 9.16 Å². The second-order valence-electron chi connectivity index (χ2n) is 10.7. The van der Waals surface area contributed by atoms with E-state index in [0.717, 1.165) is 17.7 Å². The van der Waals surface area contributed by atoms with Crippen LogP contribution in [0.4, 0.5) is 0 Å². The summed E-state index contributed by atoms with van der Waals surface area (Å²) in [5.74, 6) is 1.99. The molecule has 0 aliphatic heterocycles. The maximum absolute atomic E-state index is 6.63. The summed E-state index contributed by atoms with van der Waals surface area (Å²) in [6.45, 7) is 20.5. The summed E-state index contributed by atoms with van der Waals surface area (Å²) >= 11 is 3.67. The van der Waals surface area contributed by atoms with Gasteiger partial charge in [0.1, 0.15) is 0 Å². The summed E-state index contributed by atoms with van der Waals surface area (Å²) < 4.78 is 15.0. The molecule has 0 bridgehead atoms. The fourth-order valence-corrected chi connectivity index (χ4v) is 7.42. The topological polar surface area (TPSA) is 31.4 Å². The minimum atomic E-state index is -1.82. The molecule has 2 rings (SSSR count). The average molecular weight is 494 g/mol. The molecule has 0 unspecified atom stereocenters. The number of hydrogen-bond donors (Lipinski definition) is 0. The molecule has 0 amide bonds. The van der Waals surface area contributed by atoms with Crippen molar-refractivity contribution in [3.8, 4) is 0 Å². The first kappa shape index (κ1) is 27.6. The summed E-state index contributed by atoms with van der Waals surface area (Å²) in [7, 11) is -0.0104. The Morgan fingerprint density at radius 2 is 1.84 bits per heavy atom. The van der Waals surface area contributed by atoms with Gasteiger partial charge in [-0.2, -0.15) is 0 Å². The number of allylic oxidation sites excluding steroid dienone is 1. The average Bonchev–Trinajstić information content (AvgIpc) is 3.08. The number of thiazole rings is 1. The highest BCUT2D eigenvalue weighted by Crippen LogP contribution is 2.38. The Labute approximate surface area is 205 Å². The van der Waals surface area contributed by atoms with Crippen LogP contribution in [-0.4, -0.2) is 38.4 Å². The van der Waals surface area contributed by atoms with Gasteiger partial charge in [0.05, 0.1) is 22.4 Å². The number of aromatic nitrogens is 1. The summed E-state index contributed by atoms with van der Waals surface area (Å²) in [6.07, 6.45) is 3.62. The third-order valence-electron chi connectivity index (χ3n) is 6.52. The lowest BCUT2D eigenvalue weighted by Gasteiger charge is -2.41. The molecule has 1 aromatic carbocycles. The van der Waals surface area contributed by atoms with Crippen molar-refractivity contribution in [2.24, 2.45) is 11.8 Å². The lowest BCUT2D eigenvalue weighted by Crippen LogP contribution is -2.47. The van der Waals surface area contributed by atoms with Crippen LogP contribution in [0, 0.1) is 11.8 Å². The zero-order valence-electron chi connectivity index (χ0n) is 21.7. The fourth-order valence-electron chi connectivity index (χ4n) is 3.89. The molecule has 4 atom stereocenters. The van der Waals surface area contributed by atoms with E-state index in [-0.39, 0.29) is 17.2 Å². The number of hydrogen-bond acceptors (Lipinski definition) is 5. The molecule has 0 saturated heterocycles. The van der Waals surface area contributed by atoms with E-state index >= 15 is 0 Å². The third-order valence-corrected chi connectivity index (χ3v) is 13.6. The Balaban J connectivity index is 1.91. The van der Waals surface area contributed by atoms with Crippen molar-refractivity contribution < 1.29 is 9.16 Å². The van der Waals surface area contributed by atoms with E-state index in [4.69, 9.17) is 14.1 Å². The first-order valence-electron chi connectivity index (χ1n) is 11.7. The van der Waals surface area contributed by atoms with Gasteiger partial charge in [0.2, 0.25) is 0 Å². The lowest BCUT2D eigenvalue weighted by molar-refractivity contribution is -0.0162. The Kier molecular flexibility index (Phi) is 10.0. The van der Waals surface area contributed by atoms with E-state index in [1.807, 2.05) is 18.9 Å². The zero-order chi connectivity index (χ0) is 24.1. The highest BCUT2D eigenvalue weighted by molar-refractivity contribution is 8.01. The second kappa shape index (κ2) is 11.7. The number of rotatable bonds is 11. The van der Waals surface area contributed by atoms with Gasteiger partial charge in [-0.05, 0) is 56.5 Å². The van der Waals surface area contributed by atoms with Gasteiger partial charge in [0.25, 0.3) is 0 Å². The van der Waals surface area contributed by atoms with Gasteiger partial charge in [-0.15, -0.1) is 11.3 Å². The number of ether oxygens (including phenoxy) is 1. The third kappa shape index (κ3) is 7.69. The predicted molar refractivity (Wildman–Crippen MR) is 146 cm³/mol. The van der Waals surface area contributed by atoms with Gasteiger partial charge >= 0.3 is 0 Å². The maximum Gasteiger partial charge on any atom is 0.192 e. The normalized spacial score (nSPS) is 17.4. The van der Waals surface area contributed by atoms with Crippen molar-refractivity contribution in [2.75, 3.05) is 12.9 Å². The first-order valence-corrected chi connectivity index (χ1v) is 16.4. The van der Waals surface area contributed by atoms with Crippen LogP contribution in [0.25, 0.3) is 10.2 Å². The molecule has 0 saturated carbocycles. The highest BCUT2D eigenvalue weighted by Gasteiger charge is 2.40. The van der Waals surface area contributed by atoms with Crippen LogP contribution >= 0.6 is 23.1 Å². The number of methoxy groups -OCH3 is 1. The molecule has 0 aliphatic carbocycles. The number of benzene rings is 1. The molecule has 0 radical (unpaired) electrons. The molecule has 6 heteroatoms. The van der Waals surface area contributed by atoms with Crippen LogP contribution in [0.1, 0.15) is 54.9 Å². The van der Waals surface area contributed by atoms with Crippen LogP contribution in [0.5, 0.6) is 0 Å².